The fourth-order valence-electron chi connectivity index (χ4n) is 2.59. The maximum absolute atomic E-state index is 12.5. The van der Waals surface area contributed by atoms with Crippen LogP contribution in [0.2, 0.25) is 0 Å². The van der Waals surface area contributed by atoms with Gasteiger partial charge in [-0.2, -0.15) is 5.10 Å². The van der Waals surface area contributed by atoms with Crippen molar-refractivity contribution >= 4 is 22.5 Å². The highest BCUT2D eigenvalue weighted by molar-refractivity contribution is 6.11. The van der Waals surface area contributed by atoms with Crippen molar-refractivity contribution in [1.29, 1.82) is 0 Å². The zero-order valence-electron chi connectivity index (χ0n) is 12.5. The molecule has 2 aromatic carbocycles. The van der Waals surface area contributed by atoms with Gasteiger partial charge in [0.1, 0.15) is 0 Å². The first-order chi connectivity index (χ1) is 11.7. The highest BCUT2D eigenvalue weighted by Crippen LogP contribution is 2.18. The summed E-state index contributed by atoms with van der Waals surface area (Å²) in [6, 6.07) is 12.5. The van der Waals surface area contributed by atoms with Gasteiger partial charge in [0.05, 0.1) is 23.0 Å². The molecule has 0 saturated heterocycles. The smallest absolute Gasteiger partial charge is 0.322 e. The molecule has 4 rings (SSSR count). The third-order valence-electron chi connectivity index (χ3n) is 3.77. The molecule has 7 heteroatoms. The molecule has 3 N–H and O–H groups in total. The minimum atomic E-state index is -0.226. The molecule has 0 aliphatic rings. The van der Waals surface area contributed by atoms with Gasteiger partial charge in [-0.05, 0) is 30.3 Å². The van der Waals surface area contributed by atoms with Crippen molar-refractivity contribution in [3.05, 3.63) is 77.1 Å². The van der Waals surface area contributed by atoms with E-state index < -0.39 is 0 Å². The van der Waals surface area contributed by atoms with Crippen LogP contribution in [0.25, 0.3) is 16.6 Å². The second kappa shape index (κ2) is 5.54. The summed E-state index contributed by atoms with van der Waals surface area (Å²) < 4.78 is 1.48. The van der Waals surface area contributed by atoms with Crippen LogP contribution < -0.4 is 11.0 Å². The average molecular weight is 319 g/mol. The number of nitrogens with one attached hydrogen (secondary N) is 3. The molecule has 1 amide bonds. The molecule has 0 saturated carbocycles. The van der Waals surface area contributed by atoms with Gasteiger partial charge in [0, 0.05) is 23.5 Å². The van der Waals surface area contributed by atoms with Gasteiger partial charge in [-0.15, -0.1) is 0 Å². The van der Waals surface area contributed by atoms with Crippen LogP contribution >= 0.6 is 0 Å². The van der Waals surface area contributed by atoms with Gasteiger partial charge in [-0.1, -0.05) is 12.1 Å². The lowest BCUT2D eigenvalue weighted by Gasteiger charge is -2.07. The van der Waals surface area contributed by atoms with Crippen LogP contribution in [0.15, 0.2) is 65.8 Å². The maximum Gasteiger partial charge on any atom is 0.330 e. The van der Waals surface area contributed by atoms with Crippen molar-refractivity contribution < 1.29 is 4.79 Å². The summed E-state index contributed by atoms with van der Waals surface area (Å²) >= 11 is 0. The maximum atomic E-state index is 12.5. The molecule has 0 aliphatic heterocycles. The molecular weight excluding hydrogens is 306 g/mol. The van der Waals surface area contributed by atoms with Crippen LogP contribution in [0.1, 0.15) is 10.4 Å². The Labute approximate surface area is 136 Å². The molecule has 2 aromatic heterocycles. The molecule has 0 unspecified atom stereocenters. The minimum absolute atomic E-state index is 0.210. The number of para-hydroxylation sites is 1. The standard InChI is InChI=1S/C17H13N5O2/c23-16(14-3-1-2-11-10-19-21-15(11)14)20-12-4-6-13(7-5-12)22-9-8-18-17(22)24/h1-10H,(H,18,24)(H,19,21)(H,20,23). The minimum Gasteiger partial charge on any atom is -0.322 e. The van der Waals surface area contributed by atoms with Crippen molar-refractivity contribution in [1.82, 2.24) is 19.7 Å². The van der Waals surface area contributed by atoms with E-state index in [1.54, 1.807) is 48.9 Å². The number of hydrogen-bond acceptors (Lipinski definition) is 3. The molecule has 4 aromatic rings. The normalized spacial score (nSPS) is 10.8. The Morgan fingerprint density at radius 3 is 2.71 bits per heavy atom. The fraction of sp³-hybridized carbons (Fsp3) is 0. The van der Waals surface area contributed by atoms with Crippen molar-refractivity contribution in [2.24, 2.45) is 0 Å². The Balaban J connectivity index is 1.59. The summed E-state index contributed by atoms with van der Waals surface area (Å²) in [6.45, 7) is 0. The van der Waals surface area contributed by atoms with Gasteiger partial charge in [0.15, 0.2) is 0 Å². The van der Waals surface area contributed by atoms with Gasteiger partial charge in [-0.3, -0.25) is 14.5 Å². The Bertz CT molecular complexity index is 1070. The second-order valence-corrected chi connectivity index (χ2v) is 5.28. The van der Waals surface area contributed by atoms with E-state index in [2.05, 4.69) is 20.5 Å². The molecular formula is C17H13N5O2. The van der Waals surface area contributed by atoms with Crippen molar-refractivity contribution in [3.63, 3.8) is 0 Å². The number of anilines is 1. The molecule has 2 heterocycles. The third kappa shape index (κ3) is 2.38. The number of carbonyl (C=O) groups is 1. The van der Waals surface area contributed by atoms with Crippen LogP contribution in [0.5, 0.6) is 0 Å². The molecule has 0 fully saturated rings. The van der Waals surface area contributed by atoms with Crippen molar-refractivity contribution in [2.75, 3.05) is 5.32 Å². The second-order valence-electron chi connectivity index (χ2n) is 5.28. The highest BCUT2D eigenvalue weighted by Gasteiger charge is 2.11. The van der Waals surface area contributed by atoms with Crippen LogP contribution in [-0.2, 0) is 0 Å². The largest absolute Gasteiger partial charge is 0.330 e. The lowest BCUT2D eigenvalue weighted by atomic mass is 10.1. The number of amides is 1. The van der Waals surface area contributed by atoms with Gasteiger partial charge in [0.2, 0.25) is 0 Å². The topological polar surface area (TPSA) is 95.6 Å². The molecule has 0 bridgehead atoms. The fourth-order valence-corrected chi connectivity index (χ4v) is 2.59. The number of fused-ring (bicyclic) bond motifs is 1. The predicted molar refractivity (Wildman–Crippen MR) is 90.4 cm³/mol. The summed E-state index contributed by atoms with van der Waals surface area (Å²) in [5, 5.41) is 10.5. The van der Waals surface area contributed by atoms with Crippen LogP contribution in [0.4, 0.5) is 5.69 Å². The number of carbonyl (C=O) groups excluding carboxylic acids is 1. The predicted octanol–water partition coefficient (Wildman–Crippen LogP) is 2.29. The number of imidazole rings is 1. The summed E-state index contributed by atoms with van der Waals surface area (Å²) in [6.07, 6.45) is 4.90. The van der Waals surface area contributed by atoms with Gasteiger partial charge in [0.25, 0.3) is 5.91 Å². The molecule has 118 valence electrons. The number of hydrogen-bond donors (Lipinski definition) is 3. The Morgan fingerprint density at radius 1 is 1.12 bits per heavy atom. The molecule has 7 nitrogen and oxygen atoms in total. The van der Waals surface area contributed by atoms with Crippen LogP contribution in [-0.4, -0.2) is 25.7 Å². The summed E-state index contributed by atoms with van der Waals surface area (Å²) in [5.41, 5.74) is 2.37. The number of benzene rings is 2. The van der Waals surface area contributed by atoms with E-state index in [1.807, 2.05) is 12.1 Å². The SMILES string of the molecule is O=C(Nc1ccc(-n2cc[nH]c2=O)cc1)c1cccc2cn[nH]c12. The summed E-state index contributed by atoms with van der Waals surface area (Å²) in [7, 11) is 0. The lowest BCUT2D eigenvalue weighted by molar-refractivity contribution is 0.102. The van der Waals surface area contributed by atoms with Gasteiger partial charge < -0.3 is 10.3 Å². The molecule has 0 spiro atoms. The average Bonchev–Trinajstić information content (AvgIpc) is 3.24. The number of rotatable bonds is 3. The zero-order chi connectivity index (χ0) is 16.5. The van der Waals surface area contributed by atoms with Crippen molar-refractivity contribution in [2.45, 2.75) is 0 Å². The quantitative estimate of drug-likeness (QED) is 0.540. The van der Waals surface area contributed by atoms with E-state index >= 15 is 0 Å². The summed E-state index contributed by atoms with van der Waals surface area (Å²) in [5.74, 6) is -0.226. The van der Waals surface area contributed by atoms with Gasteiger partial charge >= 0.3 is 5.69 Å². The molecule has 0 atom stereocenters. The summed E-state index contributed by atoms with van der Waals surface area (Å²) in [4.78, 5) is 26.6. The number of nitrogens with zero attached hydrogens (tertiary/aromatic N) is 2. The zero-order valence-corrected chi connectivity index (χ0v) is 12.5. The van der Waals surface area contributed by atoms with Crippen LogP contribution in [0, 0.1) is 0 Å². The number of aromatic amines is 2. The van der Waals surface area contributed by atoms with E-state index in [1.165, 1.54) is 4.57 Å². The Kier molecular flexibility index (Phi) is 3.24. The third-order valence-corrected chi connectivity index (χ3v) is 3.77. The Morgan fingerprint density at radius 2 is 1.96 bits per heavy atom. The molecule has 24 heavy (non-hydrogen) atoms. The lowest BCUT2D eigenvalue weighted by Crippen LogP contribution is -2.14. The number of H-pyrrole nitrogens is 2. The first kappa shape index (κ1) is 14.0. The van der Waals surface area contributed by atoms with Crippen molar-refractivity contribution in [3.8, 4) is 5.69 Å². The van der Waals surface area contributed by atoms with Crippen LogP contribution in [0.3, 0.4) is 0 Å². The Hall–Kier alpha value is -3.61. The van der Waals surface area contributed by atoms with E-state index in [0.29, 0.717) is 16.8 Å². The first-order valence-electron chi connectivity index (χ1n) is 7.32. The molecule has 0 radical (unpaired) electrons. The first-order valence-corrected chi connectivity index (χ1v) is 7.32. The van der Waals surface area contributed by atoms with E-state index in [-0.39, 0.29) is 11.6 Å². The van der Waals surface area contributed by atoms with Gasteiger partial charge in [-0.25, -0.2) is 4.79 Å². The van der Waals surface area contributed by atoms with E-state index in [0.717, 1.165) is 11.1 Å². The van der Waals surface area contributed by atoms with E-state index in [4.69, 9.17) is 0 Å². The molecule has 0 aliphatic carbocycles. The monoisotopic (exact) mass is 319 g/mol. The number of aromatic nitrogens is 4. The van der Waals surface area contributed by atoms with E-state index in [9.17, 15) is 9.59 Å². The highest BCUT2D eigenvalue weighted by atomic mass is 16.2.